The molecule has 0 aliphatic rings. The van der Waals surface area contributed by atoms with E-state index in [9.17, 15) is 9.59 Å². The van der Waals surface area contributed by atoms with Crippen LogP contribution in [0.3, 0.4) is 0 Å². The van der Waals surface area contributed by atoms with Gasteiger partial charge in [-0.1, -0.05) is 32.9 Å². The molecule has 1 atom stereocenters. The van der Waals surface area contributed by atoms with Crippen LogP contribution in [0.1, 0.15) is 26.3 Å². The number of amides is 1. The Morgan fingerprint density at radius 3 is 2.62 bits per heavy atom. The molecule has 1 aromatic carbocycles. The molecule has 0 fully saturated rings. The summed E-state index contributed by atoms with van der Waals surface area (Å²) in [6.45, 7) is 6.83. The number of benzene rings is 1. The van der Waals surface area contributed by atoms with Gasteiger partial charge in [0.1, 0.15) is 0 Å². The van der Waals surface area contributed by atoms with Crippen LogP contribution in [0, 0.1) is 5.92 Å². The summed E-state index contributed by atoms with van der Waals surface area (Å²) in [5.41, 5.74) is 1.95. The molecule has 2 N–H and O–H groups in total. The van der Waals surface area contributed by atoms with Crippen LogP contribution in [0.15, 0.2) is 24.3 Å². The molecule has 0 spiro atoms. The number of aryl methyl sites for hydroxylation is 1. The minimum atomic E-state index is -0.843. The minimum Gasteiger partial charge on any atom is -0.481 e. The van der Waals surface area contributed by atoms with E-state index >= 15 is 0 Å². The summed E-state index contributed by atoms with van der Waals surface area (Å²) in [6, 6.07) is 7.74. The standard InChI is InChI=1S/C16H24N2O3/c1-4-13-7-6-8-14(9-13)17-15(19)11-18(5-2)10-12(3)16(20)21/h6-9,12H,4-5,10-11H2,1-3H3,(H,17,19)(H,20,21). The first-order valence-electron chi connectivity index (χ1n) is 7.30. The number of likely N-dealkylation sites (N-methyl/N-ethyl adjacent to an activating group) is 1. The largest absolute Gasteiger partial charge is 0.481 e. The molecule has 0 bridgehead atoms. The number of carbonyl (C=O) groups excluding carboxylic acids is 1. The molecule has 0 aromatic heterocycles. The summed E-state index contributed by atoms with van der Waals surface area (Å²) in [4.78, 5) is 24.7. The van der Waals surface area contributed by atoms with E-state index in [2.05, 4.69) is 12.2 Å². The number of carboxylic acids is 1. The van der Waals surface area contributed by atoms with E-state index in [1.807, 2.05) is 36.1 Å². The Morgan fingerprint density at radius 1 is 1.33 bits per heavy atom. The van der Waals surface area contributed by atoms with E-state index in [1.165, 1.54) is 5.56 Å². The van der Waals surface area contributed by atoms with Gasteiger partial charge in [0.15, 0.2) is 0 Å². The van der Waals surface area contributed by atoms with Crippen LogP contribution in [-0.4, -0.2) is 41.5 Å². The van der Waals surface area contributed by atoms with Crippen LogP contribution in [0.5, 0.6) is 0 Å². The average Bonchev–Trinajstić information content (AvgIpc) is 2.46. The molecule has 5 nitrogen and oxygen atoms in total. The topological polar surface area (TPSA) is 69.6 Å². The average molecular weight is 292 g/mol. The molecular formula is C16H24N2O3. The van der Waals surface area contributed by atoms with Crippen molar-refractivity contribution in [3.05, 3.63) is 29.8 Å². The second kappa shape index (κ2) is 8.42. The number of carbonyl (C=O) groups is 2. The Balaban J connectivity index is 2.56. The maximum atomic E-state index is 12.0. The number of anilines is 1. The third-order valence-corrected chi connectivity index (χ3v) is 3.39. The molecule has 116 valence electrons. The van der Waals surface area contributed by atoms with Crippen molar-refractivity contribution in [1.29, 1.82) is 0 Å². The zero-order valence-corrected chi connectivity index (χ0v) is 12.9. The number of carboxylic acid groups (broad SMARTS) is 1. The maximum absolute atomic E-state index is 12.0. The number of nitrogens with one attached hydrogen (secondary N) is 1. The summed E-state index contributed by atoms with van der Waals surface area (Å²) in [7, 11) is 0. The van der Waals surface area contributed by atoms with Crippen LogP contribution < -0.4 is 5.32 Å². The van der Waals surface area contributed by atoms with E-state index < -0.39 is 11.9 Å². The van der Waals surface area contributed by atoms with Crippen LogP contribution in [0.2, 0.25) is 0 Å². The van der Waals surface area contributed by atoms with Gasteiger partial charge in [-0.05, 0) is 30.7 Å². The van der Waals surface area contributed by atoms with Gasteiger partial charge in [-0.2, -0.15) is 0 Å². The normalized spacial score (nSPS) is 12.2. The van der Waals surface area contributed by atoms with Crippen molar-refractivity contribution in [1.82, 2.24) is 4.90 Å². The van der Waals surface area contributed by atoms with Crippen molar-refractivity contribution >= 4 is 17.6 Å². The smallest absolute Gasteiger partial charge is 0.307 e. The fourth-order valence-corrected chi connectivity index (χ4v) is 2.04. The molecule has 5 heteroatoms. The quantitative estimate of drug-likeness (QED) is 0.771. The molecule has 0 heterocycles. The Bertz CT molecular complexity index is 488. The molecule has 0 saturated heterocycles. The summed E-state index contributed by atoms with van der Waals surface area (Å²) in [5.74, 6) is -1.45. The van der Waals surface area contributed by atoms with Gasteiger partial charge < -0.3 is 10.4 Å². The van der Waals surface area contributed by atoms with E-state index in [1.54, 1.807) is 6.92 Å². The van der Waals surface area contributed by atoms with Crippen molar-refractivity contribution < 1.29 is 14.7 Å². The third kappa shape index (κ3) is 5.95. The molecule has 1 amide bonds. The predicted octanol–water partition coefficient (Wildman–Crippen LogP) is 2.23. The van der Waals surface area contributed by atoms with Crippen molar-refractivity contribution in [3.8, 4) is 0 Å². The number of rotatable bonds is 8. The number of aliphatic carboxylic acids is 1. The van der Waals surface area contributed by atoms with Gasteiger partial charge in [0, 0.05) is 12.2 Å². The Labute approximate surface area is 126 Å². The molecule has 1 aromatic rings. The molecule has 1 rings (SSSR count). The fraction of sp³-hybridized carbons (Fsp3) is 0.500. The number of nitrogens with zero attached hydrogens (tertiary/aromatic N) is 1. The van der Waals surface area contributed by atoms with Gasteiger partial charge in [-0.15, -0.1) is 0 Å². The van der Waals surface area contributed by atoms with Gasteiger partial charge in [0.05, 0.1) is 12.5 Å². The van der Waals surface area contributed by atoms with Crippen molar-refractivity contribution in [2.24, 2.45) is 5.92 Å². The molecular weight excluding hydrogens is 268 g/mol. The molecule has 0 radical (unpaired) electrons. The number of hydrogen-bond acceptors (Lipinski definition) is 3. The van der Waals surface area contributed by atoms with Crippen LogP contribution in [0.4, 0.5) is 5.69 Å². The van der Waals surface area contributed by atoms with Crippen molar-refractivity contribution in [2.75, 3.05) is 25.0 Å². The zero-order valence-electron chi connectivity index (χ0n) is 12.9. The van der Waals surface area contributed by atoms with E-state index in [-0.39, 0.29) is 12.5 Å². The lowest BCUT2D eigenvalue weighted by Crippen LogP contribution is -2.37. The Morgan fingerprint density at radius 2 is 2.05 bits per heavy atom. The summed E-state index contributed by atoms with van der Waals surface area (Å²) >= 11 is 0. The lowest BCUT2D eigenvalue weighted by atomic mass is 10.1. The maximum Gasteiger partial charge on any atom is 0.307 e. The molecule has 0 saturated carbocycles. The first-order chi connectivity index (χ1) is 9.96. The van der Waals surface area contributed by atoms with Gasteiger partial charge in [0.25, 0.3) is 0 Å². The summed E-state index contributed by atoms with van der Waals surface area (Å²) < 4.78 is 0. The monoisotopic (exact) mass is 292 g/mol. The lowest BCUT2D eigenvalue weighted by molar-refractivity contribution is -0.142. The van der Waals surface area contributed by atoms with E-state index in [0.717, 1.165) is 12.1 Å². The predicted molar refractivity (Wildman–Crippen MR) is 83.4 cm³/mol. The highest BCUT2D eigenvalue weighted by molar-refractivity contribution is 5.92. The van der Waals surface area contributed by atoms with E-state index in [4.69, 9.17) is 5.11 Å². The first-order valence-corrected chi connectivity index (χ1v) is 7.30. The highest BCUT2D eigenvalue weighted by Gasteiger charge is 2.17. The summed E-state index contributed by atoms with van der Waals surface area (Å²) in [6.07, 6.45) is 0.918. The van der Waals surface area contributed by atoms with Crippen LogP contribution in [-0.2, 0) is 16.0 Å². The zero-order chi connectivity index (χ0) is 15.8. The van der Waals surface area contributed by atoms with Gasteiger partial charge in [-0.3, -0.25) is 14.5 Å². The van der Waals surface area contributed by atoms with Gasteiger partial charge >= 0.3 is 5.97 Å². The van der Waals surface area contributed by atoms with Gasteiger partial charge in [-0.25, -0.2) is 0 Å². The molecule has 0 aliphatic heterocycles. The second-order valence-electron chi connectivity index (χ2n) is 5.17. The number of hydrogen-bond donors (Lipinski definition) is 2. The van der Waals surface area contributed by atoms with Crippen molar-refractivity contribution in [3.63, 3.8) is 0 Å². The van der Waals surface area contributed by atoms with Crippen LogP contribution in [0.25, 0.3) is 0 Å². The first kappa shape index (κ1) is 17.2. The lowest BCUT2D eigenvalue weighted by Gasteiger charge is -2.21. The fourth-order valence-electron chi connectivity index (χ4n) is 2.04. The summed E-state index contributed by atoms with van der Waals surface area (Å²) in [5, 5.41) is 11.8. The third-order valence-electron chi connectivity index (χ3n) is 3.39. The molecule has 21 heavy (non-hydrogen) atoms. The SMILES string of the molecule is CCc1cccc(NC(=O)CN(CC)CC(C)C(=O)O)c1. The highest BCUT2D eigenvalue weighted by Crippen LogP contribution is 2.11. The minimum absolute atomic E-state index is 0.123. The Hall–Kier alpha value is -1.88. The Kier molecular flexibility index (Phi) is 6.88. The second-order valence-corrected chi connectivity index (χ2v) is 5.17. The highest BCUT2D eigenvalue weighted by atomic mass is 16.4. The van der Waals surface area contributed by atoms with Crippen LogP contribution >= 0.6 is 0 Å². The van der Waals surface area contributed by atoms with Gasteiger partial charge in [0.2, 0.25) is 5.91 Å². The van der Waals surface area contributed by atoms with Crippen molar-refractivity contribution in [2.45, 2.75) is 27.2 Å². The molecule has 0 aliphatic carbocycles. The van der Waals surface area contributed by atoms with E-state index in [0.29, 0.717) is 13.1 Å². The molecule has 1 unspecified atom stereocenters.